The van der Waals surface area contributed by atoms with Crippen LogP contribution in [0.3, 0.4) is 0 Å². The van der Waals surface area contributed by atoms with E-state index in [0.29, 0.717) is 15.6 Å². The molecule has 0 radical (unpaired) electrons. The summed E-state index contributed by atoms with van der Waals surface area (Å²) in [5.74, 6) is -0.370. The van der Waals surface area contributed by atoms with E-state index >= 15 is 0 Å². The van der Waals surface area contributed by atoms with Gasteiger partial charge in [-0.1, -0.05) is 23.1 Å². The number of benzene rings is 1. The first kappa shape index (κ1) is 18.0. The normalized spacial score (nSPS) is 10.3. The maximum Gasteiger partial charge on any atom is 0.337 e. The van der Waals surface area contributed by atoms with Crippen LogP contribution >= 0.6 is 23.1 Å². The van der Waals surface area contributed by atoms with Gasteiger partial charge in [-0.05, 0) is 36.4 Å². The summed E-state index contributed by atoms with van der Waals surface area (Å²) in [6.07, 6.45) is 3.39. The van der Waals surface area contributed by atoms with Crippen molar-refractivity contribution < 1.29 is 14.3 Å². The Morgan fingerprint density at radius 2 is 1.85 bits per heavy atom. The fourth-order valence-electron chi connectivity index (χ4n) is 2.01. The topological polar surface area (TPSA) is 94.1 Å². The number of nitrogens with zero attached hydrogens (tertiary/aromatic N) is 3. The number of carbonyl (C=O) groups is 2. The van der Waals surface area contributed by atoms with Crippen molar-refractivity contribution in [2.45, 2.75) is 4.34 Å². The molecular formula is C17H14N4O3S2. The van der Waals surface area contributed by atoms with Crippen LogP contribution in [0.2, 0.25) is 0 Å². The van der Waals surface area contributed by atoms with E-state index in [2.05, 4.69) is 25.2 Å². The minimum atomic E-state index is -0.417. The van der Waals surface area contributed by atoms with E-state index < -0.39 is 5.97 Å². The number of thioether (sulfide) groups is 1. The highest BCUT2D eigenvalue weighted by Gasteiger charge is 2.10. The minimum Gasteiger partial charge on any atom is -0.465 e. The minimum absolute atomic E-state index is 0.165. The summed E-state index contributed by atoms with van der Waals surface area (Å²) in [4.78, 5) is 27.4. The van der Waals surface area contributed by atoms with E-state index in [-0.39, 0.29) is 11.7 Å². The molecule has 1 aromatic carbocycles. The maximum absolute atomic E-state index is 12.1. The zero-order valence-electron chi connectivity index (χ0n) is 13.7. The van der Waals surface area contributed by atoms with Crippen molar-refractivity contribution in [3.63, 3.8) is 0 Å². The molecule has 0 aliphatic heterocycles. The second-order valence-electron chi connectivity index (χ2n) is 5.01. The molecule has 1 amide bonds. The van der Waals surface area contributed by atoms with Gasteiger partial charge >= 0.3 is 5.97 Å². The Kier molecular flexibility index (Phi) is 5.92. The number of pyridine rings is 1. The fourth-order valence-corrected chi connectivity index (χ4v) is 3.67. The highest BCUT2D eigenvalue weighted by molar-refractivity contribution is 8.01. The van der Waals surface area contributed by atoms with Crippen LogP contribution < -0.4 is 5.32 Å². The number of carbonyl (C=O) groups excluding carboxylic acids is 2. The van der Waals surface area contributed by atoms with E-state index in [1.54, 1.807) is 36.7 Å². The van der Waals surface area contributed by atoms with Gasteiger partial charge in [0, 0.05) is 23.6 Å². The first-order valence-corrected chi connectivity index (χ1v) is 9.31. The van der Waals surface area contributed by atoms with Gasteiger partial charge < -0.3 is 10.1 Å². The fraction of sp³-hybridized carbons (Fsp3) is 0.118. The molecular weight excluding hydrogens is 372 g/mol. The van der Waals surface area contributed by atoms with Crippen molar-refractivity contribution >= 4 is 40.7 Å². The second-order valence-corrected chi connectivity index (χ2v) is 7.21. The van der Waals surface area contributed by atoms with Crippen LogP contribution in [-0.4, -0.2) is 39.9 Å². The largest absolute Gasteiger partial charge is 0.465 e. The molecule has 3 rings (SSSR count). The molecule has 0 spiro atoms. The third-order valence-corrected chi connectivity index (χ3v) is 5.36. The summed E-state index contributed by atoms with van der Waals surface area (Å²) in [5, 5.41) is 11.8. The highest BCUT2D eigenvalue weighted by Crippen LogP contribution is 2.28. The van der Waals surface area contributed by atoms with Crippen LogP contribution in [0.4, 0.5) is 5.69 Å². The first-order valence-electron chi connectivity index (χ1n) is 7.50. The summed E-state index contributed by atoms with van der Waals surface area (Å²) >= 11 is 2.74. The van der Waals surface area contributed by atoms with Gasteiger partial charge in [-0.2, -0.15) is 0 Å². The Morgan fingerprint density at radius 1 is 1.12 bits per heavy atom. The van der Waals surface area contributed by atoms with Crippen LogP contribution in [0.25, 0.3) is 10.6 Å². The average Bonchev–Trinajstić information content (AvgIpc) is 3.16. The number of methoxy groups -OCH3 is 1. The standard InChI is InChI=1S/C17H14N4O3S2/c1-24-16(23)12-2-4-13(5-3-12)19-14(22)10-25-17-21-20-15(26-17)11-6-8-18-9-7-11/h2-9H,10H2,1H3,(H,19,22). The number of esters is 1. The van der Waals surface area contributed by atoms with Gasteiger partial charge in [-0.15, -0.1) is 10.2 Å². The molecule has 7 nitrogen and oxygen atoms in total. The number of aromatic nitrogens is 3. The van der Waals surface area contributed by atoms with E-state index in [9.17, 15) is 9.59 Å². The van der Waals surface area contributed by atoms with Crippen molar-refractivity contribution in [3.8, 4) is 10.6 Å². The number of anilines is 1. The van der Waals surface area contributed by atoms with Crippen molar-refractivity contribution in [2.24, 2.45) is 0 Å². The molecule has 132 valence electrons. The van der Waals surface area contributed by atoms with E-state index in [1.807, 2.05) is 12.1 Å². The van der Waals surface area contributed by atoms with Crippen LogP contribution in [0, 0.1) is 0 Å². The van der Waals surface area contributed by atoms with Gasteiger partial charge in [-0.25, -0.2) is 4.79 Å². The zero-order valence-corrected chi connectivity index (χ0v) is 15.3. The summed E-state index contributed by atoms with van der Waals surface area (Å²) in [7, 11) is 1.32. The highest BCUT2D eigenvalue weighted by atomic mass is 32.2. The number of ether oxygens (including phenoxy) is 1. The summed E-state index contributed by atoms with van der Waals surface area (Å²) in [6, 6.07) is 10.2. The second kappa shape index (κ2) is 8.54. The Bertz CT molecular complexity index is 898. The number of hydrogen-bond acceptors (Lipinski definition) is 8. The quantitative estimate of drug-likeness (QED) is 0.514. The van der Waals surface area contributed by atoms with Crippen LogP contribution in [0.1, 0.15) is 10.4 Å². The van der Waals surface area contributed by atoms with Crippen LogP contribution in [0.15, 0.2) is 53.1 Å². The molecule has 0 saturated carbocycles. The lowest BCUT2D eigenvalue weighted by atomic mass is 10.2. The van der Waals surface area contributed by atoms with E-state index in [4.69, 9.17) is 0 Å². The molecule has 0 aliphatic carbocycles. The van der Waals surface area contributed by atoms with E-state index in [0.717, 1.165) is 10.6 Å². The molecule has 0 fully saturated rings. The molecule has 0 saturated heterocycles. The third-order valence-electron chi connectivity index (χ3n) is 3.25. The van der Waals surface area contributed by atoms with E-state index in [1.165, 1.54) is 30.2 Å². The van der Waals surface area contributed by atoms with Crippen LogP contribution in [-0.2, 0) is 9.53 Å². The molecule has 2 aromatic heterocycles. The number of amides is 1. The summed E-state index contributed by atoms with van der Waals surface area (Å²) in [6.45, 7) is 0. The van der Waals surface area contributed by atoms with Gasteiger partial charge in [0.2, 0.25) is 5.91 Å². The third kappa shape index (κ3) is 4.64. The number of rotatable bonds is 6. The molecule has 1 N–H and O–H groups in total. The maximum atomic E-state index is 12.1. The lowest BCUT2D eigenvalue weighted by Crippen LogP contribution is -2.14. The van der Waals surface area contributed by atoms with Gasteiger partial charge in [0.25, 0.3) is 0 Å². The predicted octanol–water partition coefficient (Wildman–Crippen LogP) is 3.12. The molecule has 9 heteroatoms. The molecule has 0 aliphatic rings. The lowest BCUT2D eigenvalue weighted by Gasteiger charge is -2.05. The Balaban J connectivity index is 1.53. The monoisotopic (exact) mass is 386 g/mol. The van der Waals surface area contributed by atoms with Crippen molar-refractivity contribution in [1.29, 1.82) is 0 Å². The molecule has 0 bridgehead atoms. The van der Waals surface area contributed by atoms with Gasteiger partial charge in [0.05, 0.1) is 18.4 Å². The first-order chi connectivity index (χ1) is 12.7. The number of hydrogen-bond donors (Lipinski definition) is 1. The SMILES string of the molecule is COC(=O)c1ccc(NC(=O)CSc2nnc(-c3ccncc3)s2)cc1. The lowest BCUT2D eigenvalue weighted by molar-refractivity contribution is -0.113. The predicted molar refractivity (Wildman–Crippen MR) is 100 cm³/mol. The van der Waals surface area contributed by atoms with Crippen molar-refractivity contribution in [1.82, 2.24) is 15.2 Å². The zero-order chi connectivity index (χ0) is 18.4. The number of nitrogens with one attached hydrogen (secondary N) is 1. The van der Waals surface area contributed by atoms with Gasteiger partial charge in [0.1, 0.15) is 5.01 Å². The summed E-state index contributed by atoms with van der Waals surface area (Å²) in [5.41, 5.74) is 1.98. The van der Waals surface area contributed by atoms with Crippen LogP contribution in [0.5, 0.6) is 0 Å². The molecule has 0 unspecified atom stereocenters. The van der Waals surface area contributed by atoms with Crippen molar-refractivity contribution in [2.75, 3.05) is 18.2 Å². The Hall–Kier alpha value is -2.78. The van der Waals surface area contributed by atoms with Gasteiger partial charge in [0.15, 0.2) is 4.34 Å². The molecule has 2 heterocycles. The Morgan fingerprint density at radius 3 is 2.54 bits per heavy atom. The Labute approximate surface area is 157 Å². The molecule has 3 aromatic rings. The van der Waals surface area contributed by atoms with Crippen molar-refractivity contribution in [3.05, 3.63) is 54.4 Å². The molecule has 0 atom stereocenters. The molecule has 26 heavy (non-hydrogen) atoms. The average molecular weight is 386 g/mol. The summed E-state index contributed by atoms with van der Waals surface area (Å²) < 4.78 is 5.35. The smallest absolute Gasteiger partial charge is 0.337 e. The van der Waals surface area contributed by atoms with Gasteiger partial charge in [-0.3, -0.25) is 9.78 Å².